The van der Waals surface area contributed by atoms with Gasteiger partial charge < -0.3 is 15.0 Å². The fraction of sp³-hybridized carbons (Fsp3) is 0.588. The maximum Gasteiger partial charge on any atom is 0.227 e. The van der Waals surface area contributed by atoms with Crippen molar-refractivity contribution in [2.75, 3.05) is 52.4 Å². The van der Waals surface area contributed by atoms with Crippen LogP contribution >= 0.6 is 36.4 Å². The van der Waals surface area contributed by atoms with Crippen molar-refractivity contribution < 1.29 is 9.53 Å². The molecule has 2 saturated heterocycles. The van der Waals surface area contributed by atoms with Gasteiger partial charge in [0, 0.05) is 44.3 Å². The van der Waals surface area contributed by atoms with E-state index in [9.17, 15) is 4.79 Å². The van der Waals surface area contributed by atoms with E-state index in [1.54, 1.807) is 0 Å². The van der Waals surface area contributed by atoms with Crippen LogP contribution in [0.25, 0.3) is 0 Å². The normalized spacial score (nSPS) is 20.5. The number of benzene rings is 1. The smallest absolute Gasteiger partial charge is 0.227 e. The highest BCUT2D eigenvalue weighted by atomic mass is 35.5. The maximum atomic E-state index is 12.4. The van der Waals surface area contributed by atoms with Gasteiger partial charge in [-0.1, -0.05) is 11.6 Å². The number of hydrogen-bond donors (Lipinski definition) is 1. The molecule has 0 bridgehead atoms. The fourth-order valence-electron chi connectivity index (χ4n) is 3.14. The summed E-state index contributed by atoms with van der Waals surface area (Å²) < 4.78 is 5.73. The lowest BCUT2D eigenvalue weighted by molar-refractivity contribution is -0.136. The summed E-state index contributed by atoms with van der Waals surface area (Å²) in [7, 11) is 0. The van der Waals surface area contributed by atoms with Crippen molar-refractivity contribution in [1.29, 1.82) is 0 Å². The summed E-state index contributed by atoms with van der Waals surface area (Å²) in [4.78, 5) is 16.7. The minimum absolute atomic E-state index is 0. The molecule has 142 valence electrons. The van der Waals surface area contributed by atoms with Gasteiger partial charge in [-0.05, 0) is 37.2 Å². The maximum absolute atomic E-state index is 12.4. The molecular weight excluding hydrogens is 385 g/mol. The van der Waals surface area contributed by atoms with E-state index in [0.29, 0.717) is 12.5 Å². The zero-order chi connectivity index (χ0) is 16.1. The molecule has 1 amide bonds. The Morgan fingerprint density at radius 3 is 2.44 bits per heavy atom. The number of piperazine rings is 1. The van der Waals surface area contributed by atoms with Crippen molar-refractivity contribution in [2.24, 2.45) is 5.92 Å². The summed E-state index contributed by atoms with van der Waals surface area (Å²) in [5, 5.41) is 3.98. The van der Waals surface area contributed by atoms with Gasteiger partial charge in [-0.2, -0.15) is 0 Å². The van der Waals surface area contributed by atoms with Crippen molar-refractivity contribution in [2.45, 2.75) is 6.42 Å². The zero-order valence-corrected chi connectivity index (χ0v) is 16.5. The Bertz CT molecular complexity index is 516. The van der Waals surface area contributed by atoms with Crippen molar-refractivity contribution in [1.82, 2.24) is 15.1 Å². The van der Waals surface area contributed by atoms with E-state index in [1.807, 2.05) is 29.2 Å². The summed E-state index contributed by atoms with van der Waals surface area (Å²) in [6.45, 7) is 6.86. The van der Waals surface area contributed by atoms with Crippen LogP contribution in [0.3, 0.4) is 0 Å². The van der Waals surface area contributed by atoms with Crippen LogP contribution in [0.5, 0.6) is 5.75 Å². The van der Waals surface area contributed by atoms with Crippen LogP contribution in [0.15, 0.2) is 24.3 Å². The Kier molecular flexibility index (Phi) is 9.90. The summed E-state index contributed by atoms with van der Waals surface area (Å²) in [5.41, 5.74) is 0. The second-order valence-electron chi connectivity index (χ2n) is 6.16. The van der Waals surface area contributed by atoms with Gasteiger partial charge in [0.2, 0.25) is 5.91 Å². The van der Waals surface area contributed by atoms with Crippen molar-refractivity contribution in [3.63, 3.8) is 0 Å². The number of nitrogens with one attached hydrogen (secondary N) is 1. The fourth-order valence-corrected chi connectivity index (χ4v) is 3.26. The van der Waals surface area contributed by atoms with Crippen molar-refractivity contribution >= 4 is 42.3 Å². The summed E-state index contributed by atoms with van der Waals surface area (Å²) in [6, 6.07) is 7.43. The molecule has 25 heavy (non-hydrogen) atoms. The van der Waals surface area contributed by atoms with E-state index in [0.717, 1.165) is 63.0 Å². The van der Waals surface area contributed by atoms with Gasteiger partial charge >= 0.3 is 0 Å². The second kappa shape index (κ2) is 11.1. The molecule has 1 aromatic carbocycles. The molecule has 2 aliphatic heterocycles. The van der Waals surface area contributed by atoms with Gasteiger partial charge in [0.25, 0.3) is 0 Å². The average molecular weight is 411 g/mol. The monoisotopic (exact) mass is 409 g/mol. The lowest BCUT2D eigenvalue weighted by Crippen LogP contribution is -2.51. The van der Waals surface area contributed by atoms with Crippen LogP contribution in [-0.2, 0) is 4.79 Å². The van der Waals surface area contributed by atoms with Gasteiger partial charge in [-0.15, -0.1) is 24.8 Å². The van der Waals surface area contributed by atoms with Crippen LogP contribution in [0.2, 0.25) is 5.02 Å². The standard InChI is InChI=1S/C17H24ClN3O2.2ClH/c18-15-1-3-16(4-2-15)23-12-11-20-7-9-21(10-8-20)17(22)14-5-6-19-13-14;;/h1-4,14,19H,5-13H2;2*1H. The van der Waals surface area contributed by atoms with Crippen LogP contribution in [-0.4, -0.2) is 68.1 Å². The van der Waals surface area contributed by atoms with Gasteiger partial charge in [-0.3, -0.25) is 9.69 Å². The second-order valence-corrected chi connectivity index (χ2v) is 6.60. The molecule has 1 aromatic rings. The first kappa shape index (κ1) is 22.3. The minimum atomic E-state index is 0. The summed E-state index contributed by atoms with van der Waals surface area (Å²) >= 11 is 5.85. The summed E-state index contributed by atoms with van der Waals surface area (Å²) in [5.74, 6) is 1.36. The summed E-state index contributed by atoms with van der Waals surface area (Å²) in [6.07, 6.45) is 0.980. The largest absolute Gasteiger partial charge is 0.492 e. The molecule has 2 aliphatic rings. The number of nitrogens with zero attached hydrogens (tertiary/aromatic N) is 2. The number of rotatable bonds is 5. The van der Waals surface area contributed by atoms with E-state index in [-0.39, 0.29) is 30.7 Å². The highest BCUT2D eigenvalue weighted by Gasteiger charge is 2.29. The molecule has 8 heteroatoms. The molecule has 2 heterocycles. The third kappa shape index (κ3) is 6.50. The Balaban J connectivity index is 0.00000156. The third-order valence-corrected chi connectivity index (χ3v) is 4.84. The van der Waals surface area contributed by atoms with Crippen LogP contribution < -0.4 is 10.1 Å². The van der Waals surface area contributed by atoms with Crippen LogP contribution in [0, 0.1) is 5.92 Å². The van der Waals surface area contributed by atoms with Gasteiger partial charge in [0.05, 0.1) is 5.92 Å². The zero-order valence-electron chi connectivity index (χ0n) is 14.2. The molecule has 0 saturated carbocycles. The number of ether oxygens (including phenoxy) is 1. The van der Waals surface area contributed by atoms with E-state index < -0.39 is 0 Å². The van der Waals surface area contributed by atoms with Crippen LogP contribution in [0.1, 0.15) is 6.42 Å². The molecular formula is C17H26Cl3N3O2. The van der Waals surface area contributed by atoms with E-state index in [2.05, 4.69) is 10.2 Å². The predicted octanol–water partition coefficient (Wildman–Crippen LogP) is 2.32. The molecule has 5 nitrogen and oxygen atoms in total. The SMILES string of the molecule is Cl.Cl.O=C(C1CCNC1)N1CCN(CCOc2ccc(Cl)cc2)CC1. The van der Waals surface area contributed by atoms with Gasteiger partial charge in [0.1, 0.15) is 12.4 Å². The topological polar surface area (TPSA) is 44.8 Å². The van der Waals surface area contributed by atoms with E-state index in [1.165, 1.54) is 0 Å². The molecule has 1 atom stereocenters. The Morgan fingerprint density at radius 1 is 1.16 bits per heavy atom. The first-order valence-corrected chi connectivity index (χ1v) is 8.70. The molecule has 3 rings (SSSR count). The quantitative estimate of drug-likeness (QED) is 0.809. The molecule has 1 unspecified atom stereocenters. The Labute approximate surface area is 166 Å². The number of halogens is 3. The van der Waals surface area contributed by atoms with Crippen molar-refractivity contribution in [3.8, 4) is 5.75 Å². The third-order valence-electron chi connectivity index (χ3n) is 4.58. The molecule has 0 spiro atoms. The van der Waals surface area contributed by atoms with E-state index in [4.69, 9.17) is 16.3 Å². The Hall–Kier alpha value is -0.720. The highest BCUT2D eigenvalue weighted by molar-refractivity contribution is 6.30. The lowest BCUT2D eigenvalue weighted by atomic mass is 10.1. The van der Waals surface area contributed by atoms with E-state index >= 15 is 0 Å². The van der Waals surface area contributed by atoms with Crippen LogP contribution in [0.4, 0.5) is 0 Å². The molecule has 2 fully saturated rings. The molecule has 0 aromatic heterocycles. The molecule has 0 aliphatic carbocycles. The van der Waals surface area contributed by atoms with Crippen molar-refractivity contribution in [3.05, 3.63) is 29.3 Å². The first-order chi connectivity index (χ1) is 11.2. The number of hydrogen-bond acceptors (Lipinski definition) is 4. The number of carbonyl (C=O) groups excluding carboxylic acids is 1. The average Bonchev–Trinajstić information content (AvgIpc) is 3.11. The number of carbonyl (C=O) groups is 1. The number of amides is 1. The highest BCUT2D eigenvalue weighted by Crippen LogP contribution is 2.16. The predicted molar refractivity (Wildman–Crippen MR) is 105 cm³/mol. The molecule has 0 radical (unpaired) electrons. The minimum Gasteiger partial charge on any atom is -0.492 e. The van der Waals surface area contributed by atoms with Gasteiger partial charge in [-0.25, -0.2) is 0 Å². The Morgan fingerprint density at radius 2 is 1.84 bits per heavy atom. The lowest BCUT2D eigenvalue weighted by Gasteiger charge is -2.35. The van der Waals surface area contributed by atoms with Gasteiger partial charge in [0.15, 0.2) is 0 Å². The molecule has 1 N–H and O–H groups in total. The first-order valence-electron chi connectivity index (χ1n) is 8.32.